The van der Waals surface area contributed by atoms with Crippen LogP contribution >= 0.6 is 0 Å². The fourth-order valence-corrected chi connectivity index (χ4v) is 2.73. The number of aromatic nitrogens is 1. The highest BCUT2D eigenvalue weighted by Gasteiger charge is 2.08. The molecule has 29 heavy (non-hydrogen) atoms. The van der Waals surface area contributed by atoms with Crippen molar-refractivity contribution >= 4 is 28.7 Å². The van der Waals surface area contributed by atoms with Crippen LogP contribution in [0.1, 0.15) is 24.2 Å². The SMILES string of the molecule is CC(C)Oc1ccc(NC(=O)c2cncc(Nc3ccc(N(C)C)cc3)c2)cc1. The summed E-state index contributed by atoms with van der Waals surface area (Å²) in [5.41, 5.74) is 3.96. The number of benzene rings is 2. The molecule has 6 heteroatoms. The minimum Gasteiger partial charge on any atom is -0.491 e. The first-order valence-electron chi connectivity index (χ1n) is 9.48. The Hall–Kier alpha value is -3.54. The standard InChI is InChI=1S/C23H26N4O2/c1-16(2)29-22-11-7-19(8-12-22)26-23(28)17-13-20(15-24-14-17)25-18-5-9-21(10-6-18)27(3)4/h5-16,25H,1-4H3,(H,26,28). The number of anilines is 4. The predicted molar refractivity (Wildman–Crippen MR) is 118 cm³/mol. The molecule has 1 heterocycles. The van der Waals surface area contributed by atoms with E-state index in [9.17, 15) is 4.79 Å². The number of nitrogens with one attached hydrogen (secondary N) is 2. The second-order valence-electron chi connectivity index (χ2n) is 7.17. The maximum atomic E-state index is 12.6. The van der Waals surface area contributed by atoms with Gasteiger partial charge in [-0.05, 0) is 68.4 Å². The van der Waals surface area contributed by atoms with Crippen molar-refractivity contribution in [3.05, 3.63) is 72.6 Å². The molecular formula is C23H26N4O2. The molecule has 6 nitrogen and oxygen atoms in total. The zero-order valence-corrected chi connectivity index (χ0v) is 17.1. The highest BCUT2D eigenvalue weighted by Crippen LogP contribution is 2.21. The minimum absolute atomic E-state index is 0.107. The summed E-state index contributed by atoms with van der Waals surface area (Å²) in [5, 5.41) is 6.16. The number of rotatable bonds is 7. The van der Waals surface area contributed by atoms with E-state index >= 15 is 0 Å². The fourth-order valence-electron chi connectivity index (χ4n) is 2.73. The van der Waals surface area contributed by atoms with E-state index in [1.807, 2.05) is 81.4 Å². The monoisotopic (exact) mass is 390 g/mol. The molecule has 0 saturated heterocycles. The molecule has 0 radical (unpaired) electrons. The van der Waals surface area contributed by atoms with Crippen LogP contribution in [0.3, 0.4) is 0 Å². The molecule has 0 bridgehead atoms. The average Bonchev–Trinajstić information content (AvgIpc) is 2.70. The molecule has 2 N–H and O–H groups in total. The number of hydrogen-bond acceptors (Lipinski definition) is 5. The molecule has 0 saturated carbocycles. The van der Waals surface area contributed by atoms with E-state index in [4.69, 9.17) is 4.74 Å². The smallest absolute Gasteiger partial charge is 0.257 e. The highest BCUT2D eigenvalue weighted by molar-refractivity contribution is 6.04. The Labute approximate surface area is 171 Å². The first-order valence-corrected chi connectivity index (χ1v) is 9.48. The maximum Gasteiger partial charge on any atom is 0.257 e. The van der Waals surface area contributed by atoms with Crippen LogP contribution in [-0.4, -0.2) is 31.1 Å². The molecule has 3 aromatic rings. The van der Waals surface area contributed by atoms with Gasteiger partial charge in [0, 0.05) is 37.4 Å². The van der Waals surface area contributed by atoms with Gasteiger partial charge in [-0.1, -0.05) is 0 Å². The van der Waals surface area contributed by atoms with Gasteiger partial charge in [-0.2, -0.15) is 0 Å². The van der Waals surface area contributed by atoms with Crippen molar-refractivity contribution in [1.82, 2.24) is 4.98 Å². The van der Waals surface area contributed by atoms with Crippen molar-refractivity contribution in [3.8, 4) is 5.75 Å². The molecule has 0 fully saturated rings. The lowest BCUT2D eigenvalue weighted by molar-refractivity contribution is 0.102. The van der Waals surface area contributed by atoms with Crippen LogP contribution in [0, 0.1) is 0 Å². The van der Waals surface area contributed by atoms with E-state index in [0.717, 1.165) is 22.8 Å². The van der Waals surface area contributed by atoms with Gasteiger partial charge in [0.1, 0.15) is 5.75 Å². The van der Waals surface area contributed by atoms with Gasteiger partial charge < -0.3 is 20.3 Å². The Kier molecular flexibility index (Phi) is 6.34. The molecule has 3 rings (SSSR count). The van der Waals surface area contributed by atoms with Crippen molar-refractivity contribution in [2.45, 2.75) is 20.0 Å². The van der Waals surface area contributed by atoms with Gasteiger partial charge in [0.25, 0.3) is 5.91 Å². The van der Waals surface area contributed by atoms with Crippen LogP contribution in [0.15, 0.2) is 67.0 Å². The average molecular weight is 390 g/mol. The fraction of sp³-hybridized carbons (Fsp3) is 0.217. The van der Waals surface area contributed by atoms with E-state index in [2.05, 4.69) is 15.6 Å². The Morgan fingerprint density at radius 2 is 1.59 bits per heavy atom. The van der Waals surface area contributed by atoms with Crippen LogP contribution in [0.4, 0.5) is 22.7 Å². The molecule has 150 valence electrons. The second-order valence-corrected chi connectivity index (χ2v) is 7.17. The van der Waals surface area contributed by atoms with E-state index in [1.165, 1.54) is 0 Å². The Balaban J connectivity index is 1.66. The summed E-state index contributed by atoms with van der Waals surface area (Å²) in [5.74, 6) is 0.549. The number of amides is 1. The van der Waals surface area contributed by atoms with Gasteiger partial charge in [0.05, 0.1) is 23.6 Å². The summed E-state index contributed by atoms with van der Waals surface area (Å²) < 4.78 is 5.62. The lowest BCUT2D eigenvalue weighted by Gasteiger charge is -2.13. The van der Waals surface area contributed by atoms with Crippen molar-refractivity contribution in [2.75, 3.05) is 29.6 Å². The van der Waals surface area contributed by atoms with Gasteiger partial charge in [0.2, 0.25) is 0 Å². The number of ether oxygens (including phenoxy) is 1. The van der Waals surface area contributed by atoms with Gasteiger partial charge in [0.15, 0.2) is 0 Å². The molecule has 2 aromatic carbocycles. The maximum absolute atomic E-state index is 12.6. The largest absolute Gasteiger partial charge is 0.491 e. The first-order chi connectivity index (χ1) is 13.9. The molecule has 0 aliphatic carbocycles. The summed E-state index contributed by atoms with van der Waals surface area (Å²) in [7, 11) is 4.00. The summed E-state index contributed by atoms with van der Waals surface area (Å²) in [6.07, 6.45) is 3.34. The van der Waals surface area contributed by atoms with Gasteiger partial charge >= 0.3 is 0 Å². The Morgan fingerprint density at radius 3 is 2.21 bits per heavy atom. The predicted octanol–water partition coefficient (Wildman–Crippen LogP) is 4.93. The molecule has 0 spiro atoms. The number of carbonyl (C=O) groups is 1. The molecular weight excluding hydrogens is 364 g/mol. The van der Waals surface area contributed by atoms with Crippen molar-refractivity contribution in [2.24, 2.45) is 0 Å². The summed E-state index contributed by atoms with van der Waals surface area (Å²) in [4.78, 5) is 18.8. The zero-order valence-electron chi connectivity index (χ0n) is 17.1. The third-order valence-electron chi connectivity index (χ3n) is 4.16. The van der Waals surface area contributed by atoms with Crippen molar-refractivity contribution in [1.29, 1.82) is 0 Å². The van der Waals surface area contributed by atoms with Gasteiger partial charge in [-0.25, -0.2) is 0 Å². The molecule has 0 aliphatic rings. The van der Waals surface area contributed by atoms with Gasteiger partial charge in [-0.3, -0.25) is 9.78 Å². The van der Waals surface area contributed by atoms with Crippen LogP contribution in [-0.2, 0) is 0 Å². The highest BCUT2D eigenvalue weighted by atomic mass is 16.5. The molecule has 0 unspecified atom stereocenters. The zero-order chi connectivity index (χ0) is 20.8. The van der Waals surface area contributed by atoms with Gasteiger partial charge in [-0.15, -0.1) is 0 Å². The van der Waals surface area contributed by atoms with Crippen molar-refractivity contribution < 1.29 is 9.53 Å². The van der Waals surface area contributed by atoms with E-state index in [0.29, 0.717) is 11.3 Å². The first kappa shape index (κ1) is 20.2. The quantitative estimate of drug-likeness (QED) is 0.599. The summed E-state index contributed by atoms with van der Waals surface area (Å²) >= 11 is 0. The summed E-state index contributed by atoms with van der Waals surface area (Å²) in [6, 6.07) is 17.1. The Bertz CT molecular complexity index is 951. The molecule has 1 amide bonds. The third kappa shape index (κ3) is 5.72. The number of carbonyl (C=O) groups excluding carboxylic acids is 1. The Morgan fingerprint density at radius 1 is 0.931 bits per heavy atom. The molecule has 1 aromatic heterocycles. The normalized spacial score (nSPS) is 10.5. The number of pyridine rings is 1. The van der Waals surface area contributed by atoms with E-state index in [1.54, 1.807) is 18.5 Å². The van der Waals surface area contributed by atoms with Crippen LogP contribution < -0.4 is 20.3 Å². The molecule has 0 atom stereocenters. The van der Waals surface area contributed by atoms with E-state index < -0.39 is 0 Å². The lowest BCUT2D eigenvalue weighted by atomic mass is 10.2. The number of nitrogens with zero attached hydrogens (tertiary/aromatic N) is 2. The van der Waals surface area contributed by atoms with Crippen LogP contribution in [0.2, 0.25) is 0 Å². The minimum atomic E-state index is -0.221. The van der Waals surface area contributed by atoms with Crippen LogP contribution in [0.25, 0.3) is 0 Å². The van der Waals surface area contributed by atoms with Crippen LogP contribution in [0.5, 0.6) is 5.75 Å². The number of hydrogen-bond donors (Lipinski definition) is 2. The summed E-state index contributed by atoms with van der Waals surface area (Å²) in [6.45, 7) is 3.95. The third-order valence-corrected chi connectivity index (χ3v) is 4.16. The van der Waals surface area contributed by atoms with Crippen molar-refractivity contribution in [3.63, 3.8) is 0 Å². The molecule has 0 aliphatic heterocycles. The second kappa shape index (κ2) is 9.10. The van der Waals surface area contributed by atoms with E-state index in [-0.39, 0.29) is 12.0 Å². The lowest BCUT2D eigenvalue weighted by Crippen LogP contribution is -2.12. The topological polar surface area (TPSA) is 66.5 Å².